The molecule has 1 aromatic rings. The molecule has 18 heavy (non-hydrogen) atoms. The Balaban J connectivity index is 2.13. The summed E-state index contributed by atoms with van der Waals surface area (Å²) >= 11 is 0. The fraction of sp³-hybridized carbons (Fsp3) is 0.533. The summed E-state index contributed by atoms with van der Waals surface area (Å²) in [6.45, 7) is 0. The van der Waals surface area contributed by atoms with Crippen LogP contribution in [-0.2, 0) is 16.6 Å². The number of carbonyl (C=O) groups is 1. The highest BCUT2D eigenvalue weighted by molar-refractivity contribution is 5.73. The summed E-state index contributed by atoms with van der Waals surface area (Å²) in [5.74, 6) is -1.19. The molecule has 1 N–H and O–H groups in total. The molecular formula is C15H17FO2. The first kappa shape index (κ1) is 11.7. The smallest absolute Gasteiger partial charge is 0.307 e. The summed E-state index contributed by atoms with van der Waals surface area (Å²) in [4.78, 5) is 11.5. The van der Waals surface area contributed by atoms with Gasteiger partial charge >= 0.3 is 5.97 Å². The number of fused-ring (bicyclic) bond motifs is 2. The Bertz CT molecular complexity index is 489. The average Bonchev–Trinajstić information content (AvgIpc) is 2.78. The third-order valence-electron chi connectivity index (χ3n) is 4.77. The summed E-state index contributed by atoms with van der Waals surface area (Å²) in [6, 6.07) is 4.89. The van der Waals surface area contributed by atoms with Gasteiger partial charge in [0.05, 0.1) is 5.92 Å². The quantitative estimate of drug-likeness (QED) is 0.828. The maximum absolute atomic E-state index is 13.3. The van der Waals surface area contributed by atoms with Crippen LogP contribution >= 0.6 is 0 Å². The molecule has 2 nitrogen and oxygen atoms in total. The van der Waals surface area contributed by atoms with Gasteiger partial charge < -0.3 is 5.11 Å². The van der Waals surface area contributed by atoms with Crippen LogP contribution in [0, 0.1) is 11.7 Å². The fourth-order valence-corrected chi connectivity index (χ4v) is 4.00. The average molecular weight is 248 g/mol. The summed E-state index contributed by atoms with van der Waals surface area (Å²) in [6.07, 6.45) is 5.37. The van der Waals surface area contributed by atoms with Gasteiger partial charge in [-0.1, -0.05) is 18.9 Å². The molecule has 0 saturated heterocycles. The van der Waals surface area contributed by atoms with Crippen molar-refractivity contribution in [1.82, 2.24) is 0 Å². The molecule has 0 aliphatic heterocycles. The van der Waals surface area contributed by atoms with Gasteiger partial charge in [0, 0.05) is 5.41 Å². The van der Waals surface area contributed by atoms with Crippen LogP contribution in [0.5, 0.6) is 0 Å². The van der Waals surface area contributed by atoms with Crippen molar-refractivity contribution in [3.63, 3.8) is 0 Å². The van der Waals surface area contributed by atoms with Gasteiger partial charge in [0.25, 0.3) is 0 Å². The van der Waals surface area contributed by atoms with Crippen LogP contribution in [0.4, 0.5) is 4.39 Å². The van der Waals surface area contributed by atoms with E-state index in [1.807, 2.05) is 6.07 Å². The lowest BCUT2D eigenvalue weighted by Crippen LogP contribution is -2.41. The van der Waals surface area contributed by atoms with Crippen molar-refractivity contribution >= 4 is 5.97 Å². The van der Waals surface area contributed by atoms with Crippen LogP contribution in [0.3, 0.4) is 0 Å². The van der Waals surface area contributed by atoms with Crippen LogP contribution < -0.4 is 0 Å². The Kier molecular flexibility index (Phi) is 2.65. The van der Waals surface area contributed by atoms with E-state index < -0.39 is 5.97 Å². The fourth-order valence-electron chi connectivity index (χ4n) is 4.00. The van der Waals surface area contributed by atoms with Crippen molar-refractivity contribution in [2.45, 2.75) is 43.9 Å². The highest BCUT2D eigenvalue weighted by Crippen LogP contribution is 2.52. The first-order valence-corrected chi connectivity index (χ1v) is 6.65. The topological polar surface area (TPSA) is 37.3 Å². The van der Waals surface area contributed by atoms with Crippen molar-refractivity contribution in [2.24, 2.45) is 5.92 Å². The molecule has 1 aromatic carbocycles. The minimum absolute atomic E-state index is 0.212. The zero-order valence-electron chi connectivity index (χ0n) is 10.3. The lowest BCUT2D eigenvalue weighted by molar-refractivity contribution is -0.145. The molecule has 0 radical (unpaired) electrons. The van der Waals surface area contributed by atoms with E-state index in [-0.39, 0.29) is 17.2 Å². The maximum atomic E-state index is 13.3. The number of hydrogen-bond acceptors (Lipinski definition) is 1. The van der Waals surface area contributed by atoms with E-state index in [0.29, 0.717) is 12.8 Å². The zero-order valence-corrected chi connectivity index (χ0v) is 10.3. The predicted octanol–water partition coefficient (Wildman–Crippen LogP) is 3.28. The van der Waals surface area contributed by atoms with Crippen LogP contribution in [0.2, 0.25) is 0 Å². The van der Waals surface area contributed by atoms with Gasteiger partial charge in [-0.05, 0) is 48.9 Å². The van der Waals surface area contributed by atoms with E-state index in [4.69, 9.17) is 0 Å². The van der Waals surface area contributed by atoms with Gasteiger partial charge in [-0.15, -0.1) is 0 Å². The summed E-state index contributed by atoms with van der Waals surface area (Å²) in [5, 5.41) is 9.47. The highest BCUT2D eigenvalue weighted by Gasteiger charge is 2.49. The normalized spacial score (nSPS) is 25.1. The number of halogens is 1. The molecule has 2 aliphatic carbocycles. The van der Waals surface area contributed by atoms with E-state index in [9.17, 15) is 14.3 Å². The predicted molar refractivity (Wildman–Crippen MR) is 66.0 cm³/mol. The highest BCUT2D eigenvalue weighted by atomic mass is 19.1. The molecule has 1 saturated carbocycles. The molecular weight excluding hydrogens is 231 g/mol. The molecule has 0 bridgehead atoms. The van der Waals surface area contributed by atoms with Crippen LogP contribution in [0.15, 0.2) is 18.2 Å². The zero-order chi connectivity index (χ0) is 12.8. The van der Waals surface area contributed by atoms with E-state index in [1.54, 1.807) is 6.07 Å². The second-order valence-corrected chi connectivity index (χ2v) is 5.59. The van der Waals surface area contributed by atoms with Gasteiger partial charge in [-0.2, -0.15) is 0 Å². The number of carboxylic acid groups (broad SMARTS) is 1. The number of aryl methyl sites for hydroxylation is 1. The second kappa shape index (κ2) is 4.08. The van der Waals surface area contributed by atoms with Crippen molar-refractivity contribution in [1.29, 1.82) is 0 Å². The van der Waals surface area contributed by atoms with Gasteiger partial charge in [0.2, 0.25) is 0 Å². The van der Waals surface area contributed by atoms with Gasteiger partial charge in [-0.3, -0.25) is 4.79 Å². The second-order valence-electron chi connectivity index (χ2n) is 5.59. The van der Waals surface area contributed by atoms with Crippen LogP contribution in [-0.4, -0.2) is 11.1 Å². The lowest BCUT2D eigenvalue weighted by Gasteiger charge is -2.41. The monoisotopic (exact) mass is 248 g/mol. The minimum atomic E-state index is -0.688. The van der Waals surface area contributed by atoms with Crippen LogP contribution in [0.1, 0.15) is 43.2 Å². The molecule has 2 aliphatic rings. The van der Waals surface area contributed by atoms with E-state index >= 15 is 0 Å². The molecule has 0 amide bonds. The molecule has 1 atom stereocenters. The minimum Gasteiger partial charge on any atom is -0.481 e. The molecule has 1 unspecified atom stereocenters. The summed E-state index contributed by atoms with van der Waals surface area (Å²) < 4.78 is 13.3. The lowest BCUT2D eigenvalue weighted by atomic mass is 9.62. The number of hydrogen-bond donors (Lipinski definition) is 1. The van der Waals surface area contributed by atoms with Gasteiger partial charge in [-0.25, -0.2) is 4.39 Å². The summed E-state index contributed by atoms with van der Waals surface area (Å²) in [7, 11) is 0. The Morgan fingerprint density at radius 1 is 1.33 bits per heavy atom. The molecule has 0 heterocycles. The maximum Gasteiger partial charge on any atom is 0.307 e. The summed E-state index contributed by atoms with van der Waals surface area (Å²) in [5.41, 5.74) is 1.89. The van der Waals surface area contributed by atoms with Gasteiger partial charge in [0.15, 0.2) is 0 Å². The van der Waals surface area contributed by atoms with Crippen molar-refractivity contribution in [3.05, 3.63) is 35.1 Å². The van der Waals surface area contributed by atoms with E-state index in [2.05, 4.69) is 0 Å². The molecule has 0 aromatic heterocycles. The Morgan fingerprint density at radius 2 is 2.06 bits per heavy atom. The standard InChI is InChI=1S/C15H17FO2/c16-11-4-6-12-10(9-11)3-5-13(14(17)18)15(12)7-1-2-8-15/h4,6,9,13H,1-3,5,7-8H2,(H,17,18). The largest absolute Gasteiger partial charge is 0.481 e. The van der Waals surface area contributed by atoms with E-state index in [1.165, 1.54) is 6.07 Å². The first-order valence-electron chi connectivity index (χ1n) is 6.65. The third kappa shape index (κ3) is 1.57. The SMILES string of the molecule is O=C(O)C1CCc2cc(F)ccc2C12CCCC2. The Morgan fingerprint density at radius 3 is 2.72 bits per heavy atom. The van der Waals surface area contributed by atoms with Gasteiger partial charge in [0.1, 0.15) is 5.82 Å². The number of carboxylic acids is 1. The number of rotatable bonds is 1. The Hall–Kier alpha value is -1.38. The van der Waals surface area contributed by atoms with Crippen LogP contribution in [0.25, 0.3) is 0 Å². The molecule has 1 spiro atoms. The number of aliphatic carboxylic acids is 1. The third-order valence-corrected chi connectivity index (χ3v) is 4.77. The first-order chi connectivity index (χ1) is 8.63. The molecule has 96 valence electrons. The number of benzene rings is 1. The van der Waals surface area contributed by atoms with Crippen molar-refractivity contribution in [2.75, 3.05) is 0 Å². The molecule has 1 fully saturated rings. The van der Waals surface area contributed by atoms with E-state index in [0.717, 1.165) is 36.8 Å². The van der Waals surface area contributed by atoms with Crippen molar-refractivity contribution in [3.8, 4) is 0 Å². The Labute approximate surface area is 106 Å². The molecule has 3 rings (SSSR count). The molecule has 3 heteroatoms. The van der Waals surface area contributed by atoms with Crippen molar-refractivity contribution < 1.29 is 14.3 Å².